The van der Waals surface area contributed by atoms with Crippen LogP contribution in [0.2, 0.25) is 0 Å². The third-order valence-corrected chi connectivity index (χ3v) is 8.18. The molecule has 0 aromatic rings. The van der Waals surface area contributed by atoms with E-state index in [0.717, 1.165) is 77.0 Å². The summed E-state index contributed by atoms with van der Waals surface area (Å²) in [6.07, 6.45) is 43.9. The van der Waals surface area contributed by atoms with Gasteiger partial charge in [0.25, 0.3) is 0 Å². The van der Waals surface area contributed by atoms with Crippen LogP contribution >= 0.6 is 7.82 Å². The van der Waals surface area contributed by atoms with Gasteiger partial charge >= 0.3 is 19.8 Å². The number of esters is 2. The van der Waals surface area contributed by atoms with Crippen LogP contribution in [-0.4, -0.2) is 65.7 Å². The summed E-state index contributed by atoms with van der Waals surface area (Å²) in [5, 5.41) is 18.3. The number of phosphoric ester groups is 1. The second kappa shape index (κ2) is 37.2. The van der Waals surface area contributed by atoms with Gasteiger partial charge in [0, 0.05) is 12.8 Å². The summed E-state index contributed by atoms with van der Waals surface area (Å²) in [6, 6.07) is 0. The van der Waals surface area contributed by atoms with Crippen molar-refractivity contribution in [1.29, 1.82) is 0 Å². The number of phosphoric acid groups is 1. The number of allylic oxidation sites excluding steroid dienone is 16. The van der Waals surface area contributed by atoms with Crippen molar-refractivity contribution in [2.24, 2.45) is 0 Å². The Balaban J connectivity index is 4.54. The molecule has 0 aliphatic heterocycles. The van der Waals surface area contributed by atoms with E-state index in [1.54, 1.807) is 0 Å². The van der Waals surface area contributed by atoms with Gasteiger partial charge < -0.3 is 24.6 Å². The minimum absolute atomic E-state index is 0.116. The molecule has 10 nitrogen and oxygen atoms in total. The molecule has 0 saturated heterocycles. The Labute approximate surface area is 319 Å². The van der Waals surface area contributed by atoms with Gasteiger partial charge in [-0.25, -0.2) is 4.57 Å². The van der Waals surface area contributed by atoms with Crippen molar-refractivity contribution in [3.05, 3.63) is 97.2 Å². The molecule has 0 heterocycles. The first kappa shape index (κ1) is 49.9. The first-order chi connectivity index (χ1) is 25.7. The molecule has 11 heteroatoms. The lowest BCUT2D eigenvalue weighted by atomic mass is 10.1. The fourth-order valence-corrected chi connectivity index (χ4v) is 5.11. The van der Waals surface area contributed by atoms with E-state index in [9.17, 15) is 24.2 Å². The highest BCUT2D eigenvalue weighted by atomic mass is 31.2. The zero-order valence-corrected chi connectivity index (χ0v) is 33.1. The average Bonchev–Trinajstić information content (AvgIpc) is 3.14. The van der Waals surface area contributed by atoms with Crippen molar-refractivity contribution < 1.29 is 47.8 Å². The van der Waals surface area contributed by atoms with Crippen LogP contribution in [-0.2, 0) is 32.7 Å². The fraction of sp³-hybridized carbons (Fsp3) is 0.571. The molecule has 0 aromatic heterocycles. The lowest BCUT2D eigenvalue weighted by Gasteiger charge is -2.20. The summed E-state index contributed by atoms with van der Waals surface area (Å²) in [4.78, 5) is 34.8. The molecule has 0 radical (unpaired) electrons. The van der Waals surface area contributed by atoms with Crippen molar-refractivity contribution in [1.82, 2.24) is 0 Å². The van der Waals surface area contributed by atoms with Crippen LogP contribution in [0.4, 0.5) is 0 Å². The van der Waals surface area contributed by atoms with Gasteiger partial charge in [-0.3, -0.25) is 18.6 Å². The topological polar surface area (TPSA) is 149 Å². The molecule has 0 amide bonds. The summed E-state index contributed by atoms with van der Waals surface area (Å²) < 4.78 is 32.5. The van der Waals surface area contributed by atoms with Crippen LogP contribution in [0.15, 0.2) is 97.2 Å². The molecule has 0 saturated carbocycles. The Morgan fingerprint density at radius 3 is 1.40 bits per heavy atom. The SMILES string of the molecule is CC/C=C/C/C=C/C/C=C/C/C=C/CCCCC(=O)OC[C@H](COP(=O)(O)OC[C@@H](O)CO)OC(=O)CCCC/C=C/C/C=C/C/C=C/C/C=C/CC. The predicted molar refractivity (Wildman–Crippen MR) is 214 cm³/mol. The van der Waals surface area contributed by atoms with Crippen molar-refractivity contribution in [2.75, 3.05) is 26.4 Å². The maximum atomic E-state index is 12.5. The van der Waals surface area contributed by atoms with E-state index in [4.69, 9.17) is 19.1 Å². The molecule has 3 N–H and O–H groups in total. The van der Waals surface area contributed by atoms with E-state index in [0.29, 0.717) is 12.8 Å². The Kier molecular flexibility index (Phi) is 35.0. The normalized spacial score (nSPS) is 15.0. The minimum Gasteiger partial charge on any atom is -0.462 e. The number of aliphatic hydroxyl groups is 2. The van der Waals surface area contributed by atoms with Gasteiger partial charge in [0.15, 0.2) is 6.10 Å². The van der Waals surface area contributed by atoms with E-state index in [2.05, 4.69) is 116 Å². The number of carbonyl (C=O) groups is 2. The Morgan fingerprint density at radius 1 is 0.566 bits per heavy atom. The van der Waals surface area contributed by atoms with Gasteiger partial charge in [0.05, 0.1) is 19.8 Å². The molecule has 0 fully saturated rings. The lowest BCUT2D eigenvalue weighted by Crippen LogP contribution is -2.29. The second-order valence-corrected chi connectivity index (χ2v) is 13.6. The van der Waals surface area contributed by atoms with Crippen LogP contribution in [0.3, 0.4) is 0 Å². The van der Waals surface area contributed by atoms with Crippen molar-refractivity contribution in [2.45, 2.75) is 129 Å². The summed E-state index contributed by atoms with van der Waals surface area (Å²) >= 11 is 0. The van der Waals surface area contributed by atoms with E-state index < -0.39 is 51.8 Å². The van der Waals surface area contributed by atoms with Gasteiger partial charge in [-0.1, -0.05) is 111 Å². The average molecular weight is 763 g/mol. The maximum absolute atomic E-state index is 12.5. The monoisotopic (exact) mass is 762 g/mol. The molecule has 1 unspecified atom stereocenters. The van der Waals surface area contributed by atoms with Crippen molar-refractivity contribution in [3.8, 4) is 0 Å². The third-order valence-electron chi connectivity index (χ3n) is 7.23. The smallest absolute Gasteiger partial charge is 0.462 e. The minimum atomic E-state index is -4.64. The van der Waals surface area contributed by atoms with Gasteiger partial charge in [0.2, 0.25) is 0 Å². The molecule has 0 aromatic carbocycles. The molecule has 0 bridgehead atoms. The van der Waals surface area contributed by atoms with Gasteiger partial charge in [-0.2, -0.15) is 0 Å². The van der Waals surface area contributed by atoms with Crippen LogP contribution in [0.1, 0.15) is 117 Å². The number of rotatable bonds is 34. The molecule has 0 aliphatic carbocycles. The molecule has 0 aliphatic rings. The zero-order chi connectivity index (χ0) is 39.1. The Morgan fingerprint density at radius 2 is 0.962 bits per heavy atom. The van der Waals surface area contributed by atoms with Gasteiger partial charge in [-0.05, 0) is 89.9 Å². The first-order valence-electron chi connectivity index (χ1n) is 19.2. The van der Waals surface area contributed by atoms with E-state index >= 15 is 0 Å². The molecule has 0 spiro atoms. The number of aliphatic hydroxyl groups excluding tert-OH is 2. The summed E-state index contributed by atoms with van der Waals surface area (Å²) in [6.45, 7) is 2.01. The number of carbonyl (C=O) groups excluding carboxylic acids is 2. The fourth-order valence-electron chi connectivity index (χ4n) is 4.32. The highest BCUT2D eigenvalue weighted by molar-refractivity contribution is 7.47. The highest BCUT2D eigenvalue weighted by Gasteiger charge is 2.27. The second-order valence-electron chi connectivity index (χ2n) is 12.2. The number of hydrogen-bond donors (Lipinski definition) is 3. The van der Waals surface area contributed by atoms with Crippen LogP contribution in [0, 0.1) is 0 Å². The summed E-state index contributed by atoms with van der Waals surface area (Å²) in [5.74, 6) is -1.04. The molecular weight excluding hydrogens is 695 g/mol. The third kappa shape index (κ3) is 37.0. The van der Waals surface area contributed by atoms with E-state index in [-0.39, 0.29) is 19.4 Å². The first-order valence-corrected chi connectivity index (χ1v) is 20.7. The Hall–Kier alpha value is -3.11. The highest BCUT2D eigenvalue weighted by Crippen LogP contribution is 2.43. The van der Waals surface area contributed by atoms with E-state index in [1.807, 2.05) is 0 Å². The largest absolute Gasteiger partial charge is 0.472 e. The van der Waals surface area contributed by atoms with Crippen LogP contribution in [0.5, 0.6) is 0 Å². The summed E-state index contributed by atoms with van der Waals surface area (Å²) in [7, 11) is -4.64. The van der Waals surface area contributed by atoms with Crippen LogP contribution < -0.4 is 0 Å². The summed E-state index contributed by atoms with van der Waals surface area (Å²) in [5.41, 5.74) is 0. The molecule has 3 atom stereocenters. The van der Waals surface area contributed by atoms with Gasteiger partial charge in [-0.15, -0.1) is 0 Å². The van der Waals surface area contributed by atoms with Gasteiger partial charge in [0.1, 0.15) is 12.7 Å². The van der Waals surface area contributed by atoms with Crippen molar-refractivity contribution in [3.63, 3.8) is 0 Å². The zero-order valence-electron chi connectivity index (χ0n) is 32.2. The molecule has 300 valence electrons. The lowest BCUT2D eigenvalue weighted by molar-refractivity contribution is -0.161. The maximum Gasteiger partial charge on any atom is 0.472 e. The predicted octanol–water partition coefficient (Wildman–Crippen LogP) is 9.66. The molecule has 53 heavy (non-hydrogen) atoms. The number of ether oxygens (including phenoxy) is 2. The van der Waals surface area contributed by atoms with Crippen LogP contribution in [0.25, 0.3) is 0 Å². The molecular formula is C42H67O10P. The van der Waals surface area contributed by atoms with Crippen molar-refractivity contribution >= 4 is 19.8 Å². The standard InChI is InChI=1S/C42H67O10P/c1-3-5-7-9-11-13-15-17-19-21-23-25-27-29-31-33-41(45)49-37-40(38-51-53(47,48)50-36-39(44)35-43)52-42(46)34-32-30-28-26-24-22-20-18-16-14-12-10-8-6-4-2/h5-8,11-14,17-20,23-26,39-40,43-44H,3-4,9-10,15-16,21-22,27-38H2,1-2H3,(H,47,48)/b7-5+,8-6+,13-11+,14-12+,19-17+,20-18+,25-23+,26-24+/t39-,40+/m0/s1. The quantitative estimate of drug-likeness (QED) is 0.0250. The number of hydrogen-bond acceptors (Lipinski definition) is 9. The van der Waals surface area contributed by atoms with E-state index in [1.165, 1.54) is 0 Å². The number of unbranched alkanes of at least 4 members (excludes halogenated alkanes) is 4. The Bertz CT molecular complexity index is 1200. The molecule has 0 rings (SSSR count).